The fourth-order valence-corrected chi connectivity index (χ4v) is 2.80. The minimum atomic E-state index is 0.820. The van der Waals surface area contributed by atoms with Gasteiger partial charge in [-0.3, -0.25) is 0 Å². The van der Waals surface area contributed by atoms with Crippen LogP contribution in [0, 0.1) is 0 Å². The molecule has 0 spiro atoms. The van der Waals surface area contributed by atoms with E-state index in [2.05, 4.69) is 20.4 Å². The van der Waals surface area contributed by atoms with E-state index in [9.17, 15) is 0 Å². The van der Waals surface area contributed by atoms with Crippen LogP contribution in [0.25, 0.3) is 0 Å². The lowest BCUT2D eigenvalue weighted by Crippen LogP contribution is -2.46. The highest BCUT2D eigenvalue weighted by Crippen LogP contribution is 2.18. The number of thioether (sulfide) groups is 1. The summed E-state index contributed by atoms with van der Waals surface area (Å²) in [5, 5.41) is 12.9. The molecule has 0 aromatic carbocycles. The molecule has 90 valence electrons. The molecule has 0 bridgehead atoms. The van der Waals surface area contributed by atoms with Crippen LogP contribution < -0.4 is 5.32 Å². The van der Waals surface area contributed by atoms with Crippen molar-refractivity contribution in [2.24, 2.45) is 10.2 Å². The molecule has 1 aromatic heterocycles. The van der Waals surface area contributed by atoms with Crippen LogP contribution in [0.15, 0.2) is 33.0 Å². The van der Waals surface area contributed by atoms with Gasteiger partial charge in [0.05, 0.1) is 6.26 Å². The molecular weight excluding hydrogens is 236 g/mol. The van der Waals surface area contributed by atoms with Crippen molar-refractivity contribution in [1.29, 1.82) is 0 Å². The summed E-state index contributed by atoms with van der Waals surface area (Å²) < 4.78 is 5.32. The molecular formula is C11H14N4OS. The van der Waals surface area contributed by atoms with Crippen LogP contribution in [0.3, 0.4) is 0 Å². The highest BCUT2D eigenvalue weighted by Gasteiger charge is 2.20. The average Bonchev–Trinajstić information content (AvgIpc) is 2.94. The van der Waals surface area contributed by atoms with Gasteiger partial charge in [0.15, 0.2) is 10.9 Å². The van der Waals surface area contributed by atoms with E-state index in [0.717, 1.165) is 48.6 Å². The van der Waals surface area contributed by atoms with Crippen LogP contribution in [0.5, 0.6) is 0 Å². The van der Waals surface area contributed by atoms with Crippen LogP contribution in [0.4, 0.5) is 0 Å². The Bertz CT molecular complexity index is 434. The maximum absolute atomic E-state index is 5.32. The molecule has 3 rings (SSSR count). The number of hydrogen-bond acceptors (Lipinski definition) is 6. The molecule has 6 heteroatoms. The largest absolute Gasteiger partial charge is 0.463 e. The number of nitrogens with zero attached hydrogens (tertiary/aromatic N) is 3. The van der Waals surface area contributed by atoms with E-state index in [4.69, 9.17) is 4.42 Å². The van der Waals surface area contributed by atoms with E-state index in [1.54, 1.807) is 18.0 Å². The van der Waals surface area contributed by atoms with E-state index in [0.29, 0.717) is 0 Å². The Kier molecular flexibility index (Phi) is 3.15. The molecule has 17 heavy (non-hydrogen) atoms. The van der Waals surface area contributed by atoms with E-state index >= 15 is 0 Å². The molecule has 2 aliphatic heterocycles. The van der Waals surface area contributed by atoms with Gasteiger partial charge in [-0.05, 0) is 12.1 Å². The van der Waals surface area contributed by atoms with Gasteiger partial charge in [-0.25, -0.2) is 0 Å². The average molecular weight is 250 g/mol. The summed E-state index contributed by atoms with van der Waals surface area (Å²) >= 11 is 1.73. The quantitative estimate of drug-likeness (QED) is 0.807. The van der Waals surface area contributed by atoms with Gasteiger partial charge in [-0.2, -0.15) is 0 Å². The zero-order valence-electron chi connectivity index (χ0n) is 9.43. The fraction of sp³-hybridized carbons (Fsp3) is 0.455. The molecule has 0 aliphatic carbocycles. The maximum atomic E-state index is 5.32. The molecule has 0 radical (unpaired) electrons. The van der Waals surface area contributed by atoms with Crippen molar-refractivity contribution in [2.45, 2.75) is 0 Å². The standard InChI is InChI=1S/C11H14N4OS/c1-2-10(16-7-1)9-8-17-11(14-13-9)15-5-3-12-4-6-15/h1-2,7,12H,3-6,8H2. The van der Waals surface area contributed by atoms with Crippen molar-refractivity contribution in [1.82, 2.24) is 10.2 Å². The Hall–Kier alpha value is -1.27. The molecule has 1 aromatic rings. The van der Waals surface area contributed by atoms with Gasteiger partial charge in [0.1, 0.15) is 5.71 Å². The third-order valence-corrected chi connectivity index (χ3v) is 3.80. The van der Waals surface area contributed by atoms with Crippen molar-refractivity contribution < 1.29 is 4.42 Å². The maximum Gasteiger partial charge on any atom is 0.186 e. The van der Waals surface area contributed by atoms with Crippen molar-refractivity contribution in [2.75, 3.05) is 31.9 Å². The number of furan rings is 1. The van der Waals surface area contributed by atoms with Crippen molar-refractivity contribution >= 4 is 22.6 Å². The zero-order valence-corrected chi connectivity index (χ0v) is 10.2. The Balaban J connectivity index is 1.73. The predicted molar refractivity (Wildman–Crippen MR) is 69.6 cm³/mol. The number of hydrogen-bond donors (Lipinski definition) is 1. The lowest BCUT2D eigenvalue weighted by molar-refractivity contribution is 0.362. The fourth-order valence-electron chi connectivity index (χ4n) is 1.87. The highest BCUT2D eigenvalue weighted by molar-refractivity contribution is 8.14. The highest BCUT2D eigenvalue weighted by atomic mass is 32.2. The van der Waals surface area contributed by atoms with E-state index in [1.165, 1.54) is 0 Å². The zero-order chi connectivity index (χ0) is 11.5. The molecule has 1 saturated heterocycles. The summed E-state index contributed by atoms with van der Waals surface area (Å²) in [6.07, 6.45) is 1.66. The van der Waals surface area contributed by atoms with E-state index in [-0.39, 0.29) is 0 Å². The van der Waals surface area contributed by atoms with Gasteiger partial charge >= 0.3 is 0 Å². The summed E-state index contributed by atoms with van der Waals surface area (Å²) in [4.78, 5) is 2.28. The first kappa shape index (κ1) is 10.9. The summed E-state index contributed by atoms with van der Waals surface area (Å²) in [6, 6.07) is 3.79. The summed E-state index contributed by atoms with van der Waals surface area (Å²) in [5.41, 5.74) is 0.916. The normalized spacial score (nSPS) is 21.1. The molecule has 1 fully saturated rings. The molecule has 0 saturated carbocycles. The number of rotatable bonds is 1. The summed E-state index contributed by atoms with van der Waals surface area (Å²) in [6.45, 7) is 4.07. The van der Waals surface area contributed by atoms with Gasteiger partial charge in [0.25, 0.3) is 0 Å². The van der Waals surface area contributed by atoms with Gasteiger partial charge in [0, 0.05) is 31.9 Å². The van der Waals surface area contributed by atoms with E-state index in [1.807, 2.05) is 12.1 Å². The lowest BCUT2D eigenvalue weighted by Gasteiger charge is -2.30. The molecule has 2 aliphatic rings. The molecule has 0 atom stereocenters. The molecule has 5 nitrogen and oxygen atoms in total. The molecule has 0 amide bonds. The smallest absolute Gasteiger partial charge is 0.186 e. The van der Waals surface area contributed by atoms with E-state index < -0.39 is 0 Å². The Labute approximate surface area is 104 Å². The Morgan fingerprint density at radius 1 is 1.29 bits per heavy atom. The first-order valence-electron chi connectivity index (χ1n) is 5.70. The Morgan fingerprint density at radius 3 is 2.82 bits per heavy atom. The molecule has 3 heterocycles. The predicted octanol–water partition coefficient (Wildman–Crippen LogP) is 0.992. The van der Waals surface area contributed by atoms with Crippen LogP contribution in [-0.4, -0.2) is 47.7 Å². The number of amidine groups is 1. The van der Waals surface area contributed by atoms with Gasteiger partial charge in [-0.15, -0.1) is 10.2 Å². The second-order valence-corrected chi connectivity index (χ2v) is 4.87. The van der Waals surface area contributed by atoms with Crippen LogP contribution in [-0.2, 0) is 0 Å². The van der Waals surface area contributed by atoms with Crippen molar-refractivity contribution in [3.8, 4) is 0 Å². The first-order valence-corrected chi connectivity index (χ1v) is 6.69. The second kappa shape index (κ2) is 4.93. The first-order chi connectivity index (χ1) is 8.43. The minimum Gasteiger partial charge on any atom is -0.463 e. The molecule has 0 unspecified atom stereocenters. The summed E-state index contributed by atoms with van der Waals surface area (Å²) in [7, 11) is 0. The van der Waals surface area contributed by atoms with Crippen LogP contribution in [0.2, 0.25) is 0 Å². The third-order valence-electron chi connectivity index (χ3n) is 2.79. The monoisotopic (exact) mass is 250 g/mol. The number of nitrogens with one attached hydrogen (secondary N) is 1. The summed E-state index contributed by atoms with van der Waals surface area (Å²) in [5.74, 6) is 1.65. The van der Waals surface area contributed by atoms with Crippen molar-refractivity contribution in [3.63, 3.8) is 0 Å². The second-order valence-electron chi connectivity index (χ2n) is 3.93. The number of piperazine rings is 1. The minimum absolute atomic E-state index is 0.820. The third kappa shape index (κ3) is 2.37. The Morgan fingerprint density at radius 2 is 2.18 bits per heavy atom. The topological polar surface area (TPSA) is 53.1 Å². The van der Waals surface area contributed by atoms with Crippen LogP contribution in [0.1, 0.15) is 5.76 Å². The lowest BCUT2D eigenvalue weighted by atomic mass is 10.3. The van der Waals surface area contributed by atoms with Crippen molar-refractivity contribution in [3.05, 3.63) is 24.2 Å². The van der Waals surface area contributed by atoms with Gasteiger partial charge in [-0.1, -0.05) is 11.8 Å². The van der Waals surface area contributed by atoms with Crippen LogP contribution >= 0.6 is 11.8 Å². The van der Waals surface area contributed by atoms with Gasteiger partial charge < -0.3 is 14.6 Å². The van der Waals surface area contributed by atoms with Gasteiger partial charge in [0.2, 0.25) is 0 Å². The molecule has 1 N–H and O–H groups in total. The SMILES string of the molecule is c1coc(C2=NN=C(N3CCNCC3)SC2)c1.